The van der Waals surface area contributed by atoms with Crippen molar-refractivity contribution in [2.45, 2.75) is 12.2 Å². The zero-order chi connectivity index (χ0) is 8.97. The number of hydrogen-bond donors (Lipinski definition) is 2. The van der Waals surface area contributed by atoms with Gasteiger partial charge in [0.1, 0.15) is 6.10 Å². The Kier molecular flexibility index (Phi) is 3.53. The summed E-state index contributed by atoms with van der Waals surface area (Å²) < 4.78 is 0. The van der Waals surface area contributed by atoms with E-state index in [-0.39, 0.29) is 5.88 Å². The van der Waals surface area contributed by atoms with E-state index in [4.69, 9.17) is 11.6 Å². The highest BCUT2D eigenvalue weighted by Gasteiger charge is 2.16. The monoisotopic (exact) mass is 186 g/mol. The first kappa shape index (κ1) is 9.52. The molecule has 0 saturated carbocycles. The standard InChI is InChI=1S/C9H11ClO2/c10-6-8(11)9(12)7-4-2-1-3-5-7/h1-5,8-9,11-12H,6H2/t8-,9-/m1/s1. The first-order valence-electron chi connectivity index (χ1n) is 3.72. The summed E-state index contributed by atoms with van der Waals surface area (Å²) in [4.78, 5) is 0. The van der Waals surface area contributed by atoms with E-state index in [1.165, 1.54) is 0 Å². The third kappa shape index (κ3) is 2.21. The van der Waals surface area contributed by atoms with Crippen LogP contribution in [-0.2, 0) is 0 Å². The lowest BCUT2D eigenvalue weighted by atomic mass is 10.1. The molecule has 0 unspecified atom stereocenters. The fourth-order valence-corrected chi connectivity index (χ4v) is 1.13. The van der Waals surface area contributed by atoms with Crippen LogP contribution in [0.25, 0.3) is 0 Å². The van der Waals surface area contributed by atoms with Crippen molar-refractivity contribution < 1.29 is 10.2 Å². The number of hydrogen-bond acceptors (Lipinski definition) is 2. The van der Waals surface area contributed by atoms with Gasteiger partial charge in [-0.05, 0) is 5.56 Å². The molecule has 66 valence electrons. The lowest BCUT2D eigenvalue weighted by Crippen LogP contribution is -2.19. The molecule has 1 aromatic carbocycles. The summed E-state index contributed by atoms with van der Waals surface area (Å²) in [6, 6.07) is 8.96. The van der Waals surface area contributed by atoms with Gasteiger partial charge in [-0.25, -0.2) is 0 Å². The van der Waals surface area contributed by atoms with Crippen LogP contribution in [0.4, 0.5) is 0 Å². The number of rotatable bonds is 3. The van der Waals surface area contributed by atoms with Gasteiger partial charge in [0, 0.05) is 0 Å². The van der Waals surface area contributed by atoms with Crippen LogP contribution >= 0.6 is 11.6 Å². The highest BCUT2D eigenvalue weighted by molar-refractivity contribution is 6.18. The first-order chi connectivity index (χ1) is 5.75. The third-order valence-electron chi connectivity index (χ3n) is 1.66. The highest BCUT2D eigenvalue weighted by atomic mass is 35.5. The average molecular weight is 187 g/mol. The summed E-state index contributed by atoms with van der Waals surface area (Å²) in [7, 11) is 0. The first-order valence-corrected chi connectivity index (χ1v) is 4.26. The Balaban J connectivity index is 2.71. The van der Waals surface area contributed by atoms with Crippen molar-refractivity contribution in [2.75, 3.05) is 5.88 Å². The van der Waals surface area contributed by atoms with Gasteiger partial charge in [0.25, 0.3) is 0 Å². The summed E-state index contributed by atoms with van der Waals surface area (Å²) in [6.45, 7) is 0. The van der Waals surface area contributed by atoms with Gasteiger partial charge in [-0.15, -0.1) is 11.6 Å². The van der Waals surface area contributed by atoms with Crippen molar-refractivity contribution >= 4 is 11.6 Å². The number of benzene rings is 1. The molecule has 3 heteroatoms. The van der Waals surface area contributed by atoms with Crippen molar-refractivity contribution in [1.29, 1.82) is 0 Å². The maximum Gasteiger partial charge on any atom is 0.106 e. The van der Waals surface area contributed by atoms with Crippen molar-refractivity contribution in [3.8, 4) is 0 Å². The molecule has 0 fully saturated rings. The van der Waals surface area contributed by atoms with E-state index >= 15 is 0 Å². The van der Waals surface area contributed by atoms with E-state index in [9.17, 15) is 10.2 Å². The second-order valence-electron chi connectivity index (χ2n) is 2.58. The zero-order valence-electron chi connectivity index (χ0n) is 6.52. The van der Waals surface area contributed by atoms with Gasteiger partial charge in [-0.2, -0.15) is 0 Å². The number of halogens is 1. The molecule has 0 bridgehead atoms. The SMILES string of the molecule is O[C@H](CCl)[C@H](O)c1ccccc1. The van der Waals surface area contributed by atoms with E-state index in [2.05, 4.69) is 0 Å². The normalized spacial score (nSPS) is 15.6. The van der Waals surface area contributed by atoms with Crippen LogP contribution in [0.2, 0.25) is 0 Å². The Morgan fingerprint density at radius 3 is 2.25 bits per heavy atom. The predicted octanol–water partition coefficient (Wildman–Crippen LogP) is 1.32. The molecule has 12 heavy (non-hydrogen) atoms. The lowest BCUT2D eigenvalue weighted by molar-refractivity contribution is 0.0327. The van der Waals surface area contributed by atoms with Crippen LogP contribution in [0, 0.1) is 0 Å². The molecular formula is C9H11ClO2. The van der Waals surface area contributed by atoms with Crippen molar-refractivity contribution in [3.05, 3.63) is 35.9 Å². The Morgan fingerprint density at radius 2 is 1.75 bits per heavy atom. The second-order valence-corrected chi connectivity index (χ2v) is 2.89. The molecule has 1 aromatic rings. The van der Waals surface area contributed by atoms with Crippen molar-refractivity contribution in [1.82, 2.24) is 0 Å². The molecule has 0 heterocycles. The quantitative estimate of drug-likeness (QED) is 0.700. The van der Waals surface area contributed by atoms with Crippen LogP contribution in [-0.4, -0.2) is 22.2 Å². The summed E-state index contributed by atoms with van der Waals surface area (Å²) in [5, 5.41) is 18.7. The number of aliphatic hydroxyl groups is 2. The Hall–Kier alpha value is -0.570. The van der Waals surface area contributed by atoms with Crippen molar-refractivity contribution in [3.63, 3.8) is 0 Å². The number of alkyl halides is 1. The van der Waals surface area contributed by atoms with Crippen molar-refractivity contribution in [2.24, 2.45) is 0 Å². The van der Waals surface area contributed by atoms with Crippen LogP contribution < -0.4 is 0 Å². The maximum atomic E-state index is 9.45. The predicted molar refractivity (Wildman–Crippen MR) is 48.1 cm³/mol. The number of aliphatic hydroxyl groups excluding tert-OH is 2. The van der Waals surface area contributed by atoms with E-state index in [1.54, 1.807) is 24.3 Å². The fraction of sp³-hybridized carbons (Fsp3) is 0.333. The van der Waals surface area contributed by atoms with E-state index < -0.39 is 12.2 Å². The summed E-state index contributed by atoms with van der Waals surface area (Å²) in [5.74, 6) is 0.0378. The summed E-state index contributed by atoms with van der Waals surface area (Å²) in [6.07, 6.45) is -1.78. The Morgan fingerprint density at radius 1 is 1.17 bits per heavy atom. The van der Waals surface area contributed by atoms with Gasteiger partial charge < -0.3 is 10.2 Å². The molecule has 0 aliphatic heterocycles. The Bertz CT molecular complexity index is 225. The highest BCUT2D eigenvalue weighted by Crippen LogP contribution is 2.16. The molecule has 0 aliphatic rings. The van der Waals surface area contributed by atoms with E-state index in [1.807, 2.05) is 6.07 Å². The van der Waals surface area contributed by atoms with E-state index in [0.29, 0.717) is 5.56 Å². The minimum Gasteiger partial charge on any atom is -0.389 e. The topological polar surface area (TPSA) is 40.5 Å². The molecular weight excluding hydrogens is 176 g/mol. The molecule has 0 aliphatic carbocycles. The molecule has 0 spiro atoms. The molecule has 2 N–H and O–H groups in total. The van der Waals surface area contributed by atoms with Gasteiger partial charge >= 0.3 is 0 Å². The molecule has 2 atom stereocenters. The van der Waals surface area contributed by atoms with E-state index in [0.717, 1.165) is 0 Å². The maximum absolute atomic E-state index is 9.45. The Labute approximate surface area is 76.4 Å². The van der Waals surface area contributed by atoms with Crippen LogP contribution in [0.15, 0.2) is 30.3 Å². The molecule has 0 saturated heterocycles. The molecule has 0 radical (unpaired) electrons. The average Bonchev–Trinajstić information content (AvgIpc) is 2.17. The fourth-order valence-electron chi connectivity index (χ4n) is 0.957. The van der Waals surface area contributed by atoms with Gasteiger partial charge in [0.2, 0.25) is 0 Å². The largest absolute Gasteiger partial charge is 0.389 e. The van der Waals surface area contributed by atoms with Crippen LogP contribution in [0.3, 0.4) is 0 Å². The van der Waals surface area contributed by atoms with Gasteiger partial charge in [0.05, 0.1) is 12.0 Å². The van der Waals surface area contributed by atoms with Gasteiger partial charge in [0.15, 0.2) is 0 Å². The minimum absolute atomic E-state index is 0.0378. The van der Waals surface area contributed by atoms with Gasteiger partial charge in [-0.1, -0.05) is 30.3 Å². The third-order valence-corrected chi connectivity index (χ3v) is 1.98. The summed E-state index contributed by atoms with van der Waals surface area (Å²) in [5.41, 5.74) is 0.686. The van der Waals surface area contributed by atoms with Gasteiger partial charge in [-0.3, -0.25) is 0 Å². The second kappa shape index (κ2) is 4.45. The molecule has 2 nitrogen and oxygen atoms in total. The minimum atomic E-state index is -0.894. The van der Waals surface area contributed by atoms with Crippen LogP contribution in [0.5, 0.6) is 0 Å². The molecule has 1 rings (SSSR count). The zero-order valence-corrected chi connectivity index (χ0v) is 7.28. The summed E-state index contributed by atoms with van der Waals surface area (Å²) >= 11 is 5.39. The molecule has 0 aromatic heterocycles. The molecule has 0 amide bonds. The van der Waals surface area contributed by atoms with Crippen LogP contribution in [0.1, 0.15) is 11.7 Å². The smallest absolute Gasteiger partial charge is 0.106 e. The lowest BCUT2D eigenvalue weighted by Gasteiger charge is -2.14.